The SMILES string of the molecule is C=CCCCCCN(CCc1csc(SC(C)(C)C(=O)O)n1)C1=N/C=C(/NC2CCCC2)CC(C)CC1. The van der Waals surface area contributed by atoms with E-state index < -0.39 is 10.7 Å². The number of carboxylic acid groups (broad SMARTS) is 1. The molecule has 6 nitrogen and oxygen atoms in total. The van der Waals surface area contributed by atoms with E-state index in [-0.39, 0.29) is 0 Å². The van der Waals surface area contributed by atoms with Crippen molar-refractivity contribution in [3.63, 3.8) is 0 Å². The van der Waals surface area contributed by atoms with E-state index in [1.807, 2.05) is 6.08 Å². The highest BCUT2D eigenvalue weighted by molar-refractivity contribution is 8.03. The maximum absolute atomic E-state index is 11.5. The molecule has 0 spiro atoms. The third-order valence-corrected chi connectivity index (χ3v) is 9.44. The average Bonchev–Trinajstić information content (AvgIpc) is 3.51. The number of amidine groups is 1. The van der Waals surface area contributed by atoms with Crippen molar-refractivity contribution in [1.82, 2.24) is 15.2 Å². The van der Waals surface area contributed by atoms with Crippen molar-refractivity contribution in [2.24, 2.45) is 10.9 Å². The van der Waals surface area contributed by atoms with E-state index in [1.54, 1.807) is 25.2 Å². The van der Waals surface area contributed by atoms with Crippen molar-refractivity contribution in [3.05, 3.63) is 35.6 Å². The predicted molar refractivity (Wildman–Crippen MR) is 158 cm³/mol. The predicted octanol–water partition coefficient (Wildman–Crippen LogP) is 7.28. The number of aromatic nitrogens is 1. The van der Waals surface area contributed by atoms with E-state index in [4.69, 9.17) is 9.98 Å². The lowest BCUT2D eigenvalue weighted by atomic mass is 9.97. The van der Waals surface area contributed by atoms with Crippen LogP contribution in [0.25, 0.3) is 0 Å². The zero-order chi connectivity index (χ0) is 26.7. The Morgan fingerprint density at radius 2 is 2.05 bits per heavy atom. The number of carbonyl (C=O) groups is 1. The molecule has 0 amide bonds. The Hall–Kier alpha value is -1.80. The summed E-state index contributed by atoms with van der Waals surface area (Å²) in [7, 11) is 0. The summed E-state index contributed by atoms with van der Waals surface area (Å²) in [5, 5.41) is 15.3. The molecule has 1 saturated carbocycles. The third-order valence-electron chi connectivity index (χ3n) is 7.27. The summed E-state index contributed by atoms with van der Waals surface area (Å²) in [5.74, 6) is 1.01. The summed E-state index contributed by atoms with van der Waals surface area (Å²) < 4.78 is -0.0611. The van der Waals surface area contributed by atoms with Crippen LogP contribution in [0.2, 0.25) is 0 Å². The van der Waals surface area contributed by atoms with Crippen LogP contribution in [0.15, 0.2) is 39.3 Å². The second-order valence-electron chi connectivity index (χ2n) is 11.1. The molecular formula is C29H46N4O2S2. The van der Waals surface area contributed by atoms with E-state index in [0.717, 1.165) is 61.6 Å². The fourth-order valence-corrected chi connectivity index (χ4v) is 7.12. The molecule has 2 aliphatic rings. The first-order chi connectivity index (χ1) is 17.8. The Labute approximate surface area is 232 Å². The van der Waals surface area contributed by atoms with Crippen molar-refractivity contribution in [3.8, 4) is 0 Å². The Bertz CT molecular complexity index is 934. The number of allylic oxidation sites excluding steroid dienone is 2. The van der Waals surface area contributed by atoms with E-state index in [2.05, 4.69) is 35.3 Å². The van der Waals surface area contributed by atoms with Gasteiger partial charge in [-0.1, -0.05) is 44.0 Å². The van der Waals surface area contributed by atoms with Crippen LogP contribution in [0.5, 0.6) is 0 Å². The van der Waals surface area contributed by atoms with Crippen LogP contribution in [-0.2, 0) is 11.2 Å². The molecule has 8 heteroatoms. The molecular weight excluding hydrogens is 500 g/mol. The van der Waals surface area contributed by atoms with Gasteiger partial charge < -0.3 is 15.3 Å². The lowest BCUT2D eigenvalue weighted by Gasteiger charge is -2.29. The second kappa shape index (κ2) is 15.0. The standard InChI is InChI=1S/C29H46N4O2S2/c1-5-6-7-8-11-17-33(18-16-24-21-36-28(32-24)37-29(3,4)27(34)35)26-15-14-22(2)19-25(20-30-26)31-23-12-9-10-13-23/h5,20-23,31H,1,6-19H2,2-4H3,(H,34,35)/b25-20+,30-26?. The monoisotopic (exact) mass is 546 g/mol. The summed E-state index contributed by atoms with van der Waals surface area (Å²) in [6, 6.07) is 0.611. The highest BCUT2D eigenvalue weighted by Gasteiger charge is 2.30. The first-order valence-electron chi connectivity index (χ1n) is 14.0. The minimum Gasteiger partial charge on any atom is -0.480 e. The number of nitrogens with zero attached hydrogens (tertiary/aromatic N) is 3. The quantitative estimate of drug-likeness (QED) is 0.145. The molecule has 1 unspecified atom stereocenters. The number of aliphatic imine (C=N–C) groups is 1. The van der Waals surface area contributed by atoms with Gasteiger partial charge >= 0.3 is 5.97 Å². The summed E-state index contributed by atoms with van der Waals surface area (Å²) in [6.07, 6.45) is 18.0. The summed E-state index contributed by atoms with van der Waals surface area (Å²) in [5.41, 5.74) is 2.33. The molecule has 2 N–H and O–H groups in total. The van der Waals surface area contributed by atoms with Crippen LogP contribution in [0.3, 0.4) is 0 Å². The first kappa shape index (κ1) is 29.8. The van der Waals surface area contributed by atoms with Crippen LogP contribution < -0.4 is 5.32 Å². The van der Waals surface area contributed by atoms with Crippen LogP contribution in [-0.4, -0.2) is 50.7 Å². The Kier molecular flexibility index (Phi) is 12.0. The molecule has 1 aromatic heterocycles. The van der Waals surface area contributed by atoms with Gasteiger partial charge in [0.2, 0.25) is 0 Å². The number of carboxylic acids is 1. The minimum atomic E-state index is -0.881. The number of hydrogen-bond donors (Lipinski definition) is 2. The Morgan fingerprint density at radius 1 is 1.27 bits per heavy atom. The van der Waals surface area contributed by atoms with E-state index >= 15 is 0 Å². The van der Waals surface area contributed by atoms with E-state index in [9.17, 15) is 9.90 Å². The van der Waals surface area contributed by atoms with Crippen LogP contribution in [0.1, 0.15) is 97.1 Å². The van der Waals surface area contributed by atoms with Gasteiger partial charge in [-0.2, -0.15) is 0 Å². The van der Waals surface area contributed by atoms with Crippen molar-refractivity contribution < 1.29 is 9.90 Å². The second-order valence-corrected chi connectivity index (χ2v) is 13.8. The summed E-state index contributed by atoms with van der Waals surface area (Å²) in [4.78, 5) is 23.8. The molecule has 1 fully saturated rings. The topological polar surface area (TPSA) is 77.8 Å². The summed E-state index contributed by atoms with van der Waals surface area (Å²) in [6.45, 7) is 11.5. The zero-order valence-corrected chi connectivity index (χ0v) is 24.6. The highest BCUT2D eigenvalue weighted by Crippen LogP contribution is 2.34. The maximum Gasteiger partial charge on any atom is 0.319 e. The Morgan fingerprint density at radius 3 is 2.78 bits per heavy atom. The number of thioether (sulfide) groups is 1. The number of nitrogens with one attached hydrogen (secondary N) is 1. The molecule has 1 aromatic rings. The Balaban J connectivity index is 1.68. The van der Waals surface area contributed by atoms with Gasteiger partial charge in [-0.25, -0.2) is 9.98 Å². The maximum atomic E-state index is 11.5. The van der Waals surface area contributed by atoms with Crippen molar-refractivity contribution in [2.75, 3.05) is 13.1 Å². The lowest BCUT2D eigenvalue weighted by molar-refractivity contribution is -0.138. The molecule has 1 aliphatic carbocycles. The van der Waals surface area contributed by atoms with E-state index in [1.165, 1.54) is 61.8 Å². The fraction of sp³-hybridized carbons (Fsp3) is 0.690. The lowest BCUT2D eigenvalue weighted by Crippen LogP contribution is -2.35. The van der Waals surface area contributed by atoms with E-state index in [0.29, 0.717) is 12.0 Å². The highest BCUT2D eigenvalue weighted by atomic mass is 32.2. The zero-order valence-electron chi connectivity index (χ0n) is 23.0. The molecule has 0 saturated heterocycles. The smallest absolute Gasteiger partial charge is 0.319 e. The van der Waals surface area contributed by atoms with Crippen molar-refractivity contribution in [1.29, 1.82) is 0 Å². The largest absolute Gasteiger partial charge is 0.480 e. The molecule has 0 radical (unpaired) electrons. The van der Waals surface area contributed by atoms with Gasteiger partial charge in [-0.15, -0.1) is 17.9 Å². The first-order valence-corrected chi connectivity index (χ1v) is 15.7. The number of aliphatic carboxylic acids is 1. The van der Waals surface area contributed by atoms with Gasteiger partial charge in [0.15, 0.2) is 4.34 Å². The molecule has 2 heterocycles. The van der Waals surface area contributed by atoms with Crippen molar-refractivity contribution >= 4 is 34.9 Å². The number of hydrogen-bond acceptors (Lipinski definition) is 7. The third kappa shape index (κ3) is 10.1. The fourth-order valence-electron chi connectivity index (χ4n) is 4.89. The average molecular weight is 547 g/mol. The van der Waals surface area contributed by atoms with Gasteiger partial charge in [0.1, 0.15) is 10.6 Å². The van der Waals surface area contributed by atoms with Gasteiger partial charge in [-0.3, -0.25) is 4.79 Å². The molecule has 0 bridgehead atoms. The van der Waals surface area contributed by atoms with Crippen LogP contribution >= 0.6 is 23.1 Å². The van der Waals surface area contributed by atoms with Gasteiger partial charge in [0, 0.05) is 49.3 Å². The van der Waals surface area contributed by atoms with Crippen LogP contribution in [0.4, 0.5) is 0 Å². The van der Waals surface area contributed by atoms with Gasteiger partial charge in [-0.05, 0) is 64.7 Å². The van der Waals surface area contributed by atoms with Crippen molar-refractivity contribution in [2.45, 2.75) is 113 Å². The minimum absolute atomic E-state index is 0.611. The normalized spacial score (nSPS) is 20.5. The molecule has 3 rings (SSSR count). The van der Waals surface area contributed by atoms with Gasteiger partial charge in [0.05, 0.1) is 5.69 Å². The van der Waals surface area contributed by atoms with Gasteiger partial charge in [0.25, 0.3) is 0 Å². The summed E-state index contributed by atoms with van der Waals surface area (Å²) >= 11 is 2.87. The molecule has 206 valence electrons. The molecule has 1 aliphatic heterocycles. The number of thiazole rings is 1. The molecule has 1 atom stereocenters. The number of rotatable bonds is 14. The molecule has 37 heavy (non-hydrogen) atoms. The number of unbranched alkanes of at least 4 members (excludes halogenated alkanes) is 3. The molecule has 0 aromatic carbocycles. The van der Waals surface area contributed by atoms with Crippen LogP contribution in [0, 0.1) is 5.92 Å².